The first-order valence-corrected chi connectivity index (χ1v) is 6.91. The number of hydrogen-bond acceptors (Lipinski definition) is 5. The summed E-state index contributed by atoms with van der Waals surface area (Å²) in [5.74, 6) is -2.22. The second kappa shape index (κ2) is 6.29. The molecule has 0 aliphatic carbocycles. The number of thiazole rings is 1. The molecule has 0 unspecified atom stereocenters. The van der Waals surface area contributed by atoms with Crippen LogP contribution in [0.3, 0.4) is 0 Å². The standard InChI is InChI=1S/C12H6ClF3N4OS/c13-8-3-6(12(14,15)16)5-19-9(8)7(4-17)10(21)20-11-18-1-2-22-11/h1-3,5,7H,(H,18,20,21)/t7-/m1/s1. The maximum absolute atomic E-state index is 12.5. The second-order valence-electron chi connectivity index (χ2n) is 3.98. The second-order valence-corrected chi connectivity index (χ2v) is 5.28. The van der Waals surface area contributed by atoms with Crippen molar-refractivity contribution in [1.29, 1.82) is 5.26 Å². The summed E-state index contributed by atoms with van der Waals surface area (Å²) in [6.07, 6.45) is -2.63. The average Bonchev–Trinajstić information content (AvgIpc) is 2.93. The third-order valence-electron chi connectivity index (χ3n) is 2.52. The molecule has 0 fully saturated rings. The van der Waals surface area contributed by atoms with Gasteiger partial charge in [0, 0.05) is 17.8 Å². The van der Waals surface area contributed by atoms with Gasteiger partial charge in [0.1, 0.15) is 0 Å². The Morgan fingerprint density at radius 3 is 2.68 bits per heavy atom. The van der Waals surface area contributed by atoms with Crippen molar-refractivity contribution in [1.82, 2.24) is 9.97 Å². The summed E-state index contributed by atoms with van der Waals surface area (Å²) in [7, 11) is 0. The summed E-state index contributed by atoms with van der Waals surface area (Å²) in [6.45, 7) is 0. The molecule has 0 saturated heterocycles. The van der Waals surface area contributed by atoms with Gasteiger partial charge in [-0.2, -0.15) is 18.4 Å². The number of nitriles is 1. The van der Waals surface area contributed by atoms with Crippen LogP contribution in [-0.4, -0.2) is 15.9 Å². The monoisotopic (exact) mass is 346 g/mol. The van der Waals surface area contributed by atoms with E-state index in [0.717, 1.165) is 11.3 Å². The molecule has 2 aromatic heterocycles. The Bertz CT molecular complexity index is 727. The number of rotatable bonds is 3. The number of nitrogens with one attached hydrogen (secondary N) is 1. The molecule has 114 valence electrons. The van der Waals surface area contributed by atoms with Gasteiger partial charge in [-0.25, -0.2) is 4.98 Å². The van der Waals surface area contributed by atoms with Crippen molar-refractivity contribution in [3.63, 3.8) is 0 Å². The minimum Gasteiger partial charge on any atom is -0.300 e. The fourth-order valence-electron chi connectivity index (χ4n) is 1.52. The van der Waals surface area contributed by atoms with Crippen LogP contribution >= 0.6 is 22.9 Å². The number of carbonyl (C=O) groups excluding carboxylic acids is 1. The Balaban J connectivity index is 2.28. The Morgan fingerprint density at radius 1 is 1.45 bits per heavy atom. The maximum Gasteiger partial charge on any atom is 0.417 e. The zero-order valence-corrected chi connectivity index (χ0v) is 12.1. The van der Waals surface area contributed by atoms with Crippen LogP contribution in [0.25, 0.3) is 0 Å². The van der Waals surface area contributed by atoms with Gasteiger partial charge in [-0.1, -0.05) is 11.6 Å². The fourth-order valence-corrected chi connectivity index (χ4v) is 2.33. The highest BCUT2D eigenvalue weighted by molar-refractivity contribution is 7.13. The molecule has 10 heteroatoms. The van der Waals surface area contributed by atoms with E-state index in [1.54, 1.807) is 11.4 Å². The summed E-state index contributed by atoms with van der Waals surface area (Å²) in [5, 5.41) is 12.9. The van der Waals surface area contributed by atoms with Crippen LogP contribution in [0.15, 0.2) is 23.8 Å². The van der Waals surface area contributed by atoms with Crippen molar-refractivity contribution in [2.45, 2.75) is 12.1 Å². The van der Waals surface area contributed by atoms with Gasteiger partial charge in [0.05, 0.1) is 22.3 Å². The van der Waals surface area contributed by atoms with Crippen molar-refractivity contribution in [2.75, 3.05) is 5.32 Å². The fraction of sp³-hybridized carbons (Fsp3) is 0.167. The van der Waals surface area contributed by atoms with E-state index < -0.39 is 28.6 Å². The van der Waals surface area contributed by atoms with E-state index in [1.165, 1.54) is 6.20 Å². The van der Waals surface area contributed by atoms with Crippen LogP contribution in [0.2, 0.25) is 5.02 Å². The van der Waals surface area contributed by atoms with Gasteiger partial charge in [-0.15, -0.1) is 11.3 Å². The molecule has 1 amide bonds. The quantitative estimate of drug-likeness (QED) is 0.923. The predicted molar refractivity (Wildman–Crippen MR) is 73.3 cm³/mol. The number of alkyl halides is 3. The smallest absolute Gasteiger partial charge is 0.300 e. The van der Waals surface area contributed by atoms with E-state index >= 15 is 0 Å². The molecule has 2 aromatic rings. The van der Waals surface area contributed by atoms with Crippen LogP contribution in [0.5, 0.6) is 0 Å². The van der Waals surface area contributed by atoms with E-state index in [0.29, 0.717) is 12.3 Å². The summed E-state index contributed by atoms with van der Waals surface area (Å²) in [6, 6.07) is 2.30. The third-order valence-corrected chi connectivity index (χ3v) is 3.52. The first-order valence-electron chi connectivity index (χ1n) is 5.65. The number of amides is 1. The molecule has 2 heterocycles. The number of hydrogen-bond donors (Lipinski definition) is 1. The molecule has 0 saturated carbocycles. The number of halogens is 4. The molecule has 0 aliphatic rings. The van der Waals surface area contributed by atoms with Gasteiger partial charge in [0.15, 0.2) is 11.0 Å². The minimum atomic E-state index is -4.61. The molecule has 5 nitrogen and oxygen atoms in total. The minimum absolute atomic E-state index is 0.244. The van der Waals surface area contributed by atoms with E-state index in [-0.39, 0.29) is 10.8 Å². The highest BCUT2D eigenvalue weighted by Gasteiger charge is 2.33. The highest BCUT2D eigenvalue weighted by Crippen LogP contribution is 2.33. The summed E-state index contributed by atoms with van der Waals surface area (Å²) < 4.78 is 37.6. The van der Waals surface area contributed by atoms with Crippen molar-refractivity contribution in [2.24, 2.45) is 0 Å². The van der Waals surface area contributed by atoms with Crippen molar-refractivity contribution < 1.29 is 18.0 Å². The predicted octanol–water partition coefficient (Wildman–Crippen LogP) is 3.46. The Labute approximate surface area is 131 Å². The molecule has 22 heavy (non-hydrogen) atoms. The Morgan fingerprint density at radius 2 is 2.18 bits per heavy atom. The van der Waals surface area contributed by atoms with Crippen LogP contribution in [0.1, 0.15) is 17.2 Å². The van der Waals surface area contributed by atoms with Crippen LogP contribution in [0.4, 0.5) is 18.3 Å². The third kappa shape index (κ3) is 3.52. The molecule has 0 aliphatic heterocycles. The van der Waals surface area contributed by atoms with Crippen LogP contribution < -0.4 is 5.32 Å². The molecule has 0 bridgehead atoms. The van der Waals surface area contributed by atoms with E-state index in [4.69, 9.17) is 16.9 Å². The summed E-state index contributed by atoms with van der Waals surface area (Å²) in [5.41, 5.74) is -1.30. The summed E-state index contributed by atoms with van der Waals surface area (Å²) in [4.78, 5) is 19.3. The number of nitrogens with zero attached hydrogens (tertiary/aromatic N) is 3. The molecule has 0 radical (unpaired) electrons. The largest absolute Gasteiger partial charge is 0.417 e. The average molecular weight is 347 g/mol. The number of pyridine rings is 1. The van der Waals surface area contributed by atoms with Gasteiger partial charge >= 0.3 is 6.18 Å². The Hall–Kier alpha value is -2.18. The summed E-state index contributed by atoms with van der Waals surface area (Å²) >= 11 is 6.86. The van der Waals surface area contributed by atoms with Gasteiger partial charge in [-0.3, -0.25) is 9.78 Å². The SMILES string of the molecule is N#C[C@@H](C(=O)Nc1nccs1)c1ncc(C(F)(F)F)cc1Cl. The first-order chi connectivity index (χ1) is 10.3. The molecule has 1 N–H and O–H groups in total. The number of anilines is 1. The van der Waals surface area contributed by atoms with Crippen LogP contribution in [-0.2, 0) is 11.0 Å². The van der Waals surface area contributed by atoms with Crippen molar-refractivity contribution in [3.05, 3.63) is 40.1 Å². The molecular weight excluding hydrogens is 341 g/mol. The number of carbonyl (C=O) groups is 1. The molecule has 1 atom stereocenters. The first kappa shape index (κ1) is 16.2. The van der Waals surface area contributed by atoms with E-state index in [1.807, 2.05) is 0 Å². The lowest BCUT2D eigenvalue weighted by Gasteiger charge is -2.12. The lowest BCUT2D eigenvalue weighted by atomic mass is 10.0. The molecule has 0 aromatic carbocycles. The molecule has 0 spiro atoms. The van der Waals surface area contributed by atoms with Gasteiger partial charge in [0.25, 0.3) is 0 Å². The zero-order chi connectivity index (χ0) is 16.3. The van der Waals surface area contributed by atoms with E-state index in [2.05, 4.69) is 15.3 Å². The van der Waals surface area contributed by atoms with Crippen molar-refractivity contribution in [3.8, 4) is 6.07 Å². The maximum atomic E-state index is 12.5. The highest BCUT2D eigenvalue weighted by atomic mass is 35.5. The Kier molecular flexibility index (Phi) is 4.63. The zero-order valence-electron chi connectivity index (χ0n) is 10.6. The van der Waals surface area contributed by atoms with Gasteiger partial charge in [0.2, 0.25) is 5.91 Å². The van der Waals surface area contributed by atoms with Gasteiger partial charge < -0.3 is 5.32 Å². The normalized spacial score (nSPS) is 12.5. The number of aromatic nitrogens is 2. The van der Waals surface area contributed by atoms with E-state index in [9.17, 15) is 18.0 Å². The lowest BCUT2D eigenvalue weighted by molar-refractivity contribution is -0.137. The lowest BCUT2D eigenvalue weighted by Crippen LogP contribution is -2.21. The molecular formula is C12H6ClF3N4OS. The van der Waals surface area contributed by atoms with Crippen molar-refractivity contribution >= 4 is 34.0 Å². The topological polar surface area (TPSA) is 78.7 Å². The van der Waals surface area contributed by atoms with Crippen LogP contribution in [0, 0.1) is 11.3 Å². The van der Waals surface area contributed by atoms with Gasteiger partial charge in [-0.05, 0) is 6.07 Å². The molecule has 2 rings (SSSR count).